The first-order chi connectivity index (χ1) is 10.7. The Morgan fingerprint density at radius 1 is 1.41 bits per heavy atom. The Balaban J connectivity index is 1.78. The molecule has 2 aromatic heterocycles. The van der Waals surface area contributed by atoms with E-state index in [1.54, 1.807) is 10.9 Å². The zero-order valence-corrected chi connectivity index (χ0v) is 12.5. The zero-order chi connectivity index (χ0) is 15.1. The van der Waals surface area contributed by atoms with E-state index in [2.05, 4.69) is 10.1 Å². The van der Waals surface area contributed by atoms with Crippen LogP contribution in [0.4, 0.5) is 4.39 Å². The lowest BCUT2D eigenvalue weighted by Gasteiger charge is -2.22. The van der Waals surface area contributed by atoms with Gasteiger partial charge >= 0.3 is 4.87 Å². The van der Waals surface area contributed by atoms with Gasteiger partial charge in [-0.3, -0.25) is 4.79 Å². The van der Waals surface area contributed by atoms with E-state index >= 15 is 0 Å². The van der Waals surface area contributed by atoms with Gasteiger partial charge in [-0.25, -0.2) is 9.07 Å². The van der Waals surface area contributed by atoms with Crippen molar-refractivity contribution in [1.29, 1.82) is 0 Å². The number of halogens is 1. The molecule has 5 nitrogen and oxygen atoms in total. The van der Waals surface area contributed by atoms with Gasteiger partial charge in [0.2, 0.25) is 0 Å². The molecule has 1 aliphatic rings. The molecule has 1 atom stereocenters. The first-order valence-electron chi connectivity index (χ1n) is 7.19. The average Bonchev–Trinajstić information content (AvgIpc) is 3.13. The normalized spacial score (nSPS) is 18.9. The summed E-state index contributed by atoms with van der Waals surface area (Å²) < 4.78 is 21.9. The quantitative estimate of drug-likeness (QED) is 0.788. The first kappa shape index (κ1) is 13.7. The lowest BCUT2D eigenvalue weighted by molar-refractivity contribution is -0.0394. The fourth-order valence-electron chi connectivity index (χ4n) is 2.81. The second-order valence-electron chi connectivity index (χ2n) is 5.37. The molecule has 114 valence electrons. The van der Waals surface area contributed by atoms with E-state index in [9.17, 15) is 9.18 Å². The van der Waals surface area contributed by atoms with Crippen LogP contribution < -0.4 is 4.87 Å². The minimum Gasteiger partial charge on any atom is -0.357 e. The predicted molar refractivity (Wildman–Crippen MR) is 82.5 cm³/mol. The predicted octanol–water partition coefficient (Wildman–Crippen LogP) is 3.29. The molecule has 1 fully saturated rings. The van der Waals surface area contributed by atoms with Crippen LogP contribution >= 0.6 is 11.3 Å². The zero-order valence-electron chi connectivity index (χ0n) is 11.7. The van der Waals surface area contributed by atoms with Crippen molar-refractivity contribution >= 4 is 21.6 Å². The third kappa shape index (κ3) is 2.36. The molecule has 0 amide bonds. The number of aromatic amines is 1. The molecule has 1 unspecified atom stereocenters. The Morgan fingerprint density at radius 2 is 2.32 bits per heavy atom. The average molecular weight is 319 g/mol. The van der Waals surface area contributed by atoms with Crippen molar-refractivity contribution in [2.75, 3.05) is 6.61 Å². The number of thiazole rings is 1. The van der Waals surface area contributed by atoms with Crippen LogP contribution in [0.25, 0.3) is 21.3 Å². The molecule has 1 aromatic carbocycles. The molecule has 3 heterocycles. The van der Waals surface area contributed by atoms with Gasteiger partial charge in [-0.2, -0.15) is 5.10 Å². The largest absolute Gasteiger partial charge is 0.357 e. The van der Waals surface area contributed by atoms with Crippen LogP contribution in [0.15, 0.2) is 29.3 Å². The monoisotopic (exact) mass is 319 g/mol. The van der Waals surface area contributed by atoms with E-state index in [0.29, 0.717) is 15.8 Å². The highest BCUT2D eigenvalue weighted by Gasteiger charge is 2.18. The molecule has 1 saturated heterocycles. The van der Waals surface area contributed by atoms with E-state index in [1.807, 2.05) is 6.20 Å². The fraction of sp³-hybridized carbons (Fsp3) is 0.333. The van der Waals surface area contributed by atoms with E-state index in [4.69, 9.17) is 4.74 Å². The maximum absolute atomic E-state index is 13.8. The summed E-state index contributed by atoms with van der Waals surface area (Å²) in [5.74, 6) is -0.362. The molecule has 0 aliphatic carbocycles. The van der Waals surface area contributed by atoms with E-state index in [-0.39, 0.29) is 16.9 Å². The molecule has 0 saturated carbocycles. The molecule has 4 rings (SSSR count). The molecule has 22 heavy (non-hydrogen) atoms. The Kier molecular flexibility index (Phi) is 3.31. The SMILES string of the molecule is O=c1[nH]c2c(-c3cnn(C4CCCCO4)c3)cc(F)cc2s1. The Hall–Kier alpha value is -1.99. The van der Waals surface area contributed by atoms with Gasteiger partial charge in [-0.05, 0) is 31.4 Å². The molecule has 0 bridgehead atoms. The molecule has 1 N–H and O–H groups in total. The summed E-state index contributed by atoms with van der Waals surface area (Å²) in [4.78, 5) is 14.1. The molecular formula is C15H14FN3O2S. The number of hydrogen-bond donors (Lipinski definition) is 1. The Labute approximate surface area is 129 Å². The molecule has 0 radical (unpaired) electrons. The number of ether oxygens (including phenoxy) is 1. The smallest absolute Gasteiger partial charge is 0.305 e. The number of H-pyrrole nitrogens is 1. The maximum Gasteiger partial charge on any atom is 0.305 e. The van der Waals surface area contributed by atoms with E-state index in [1.165, 1.54) is 12.1 Å². The molecular weight excluding hydrogens is 305 g/mol. The van der Waals surface area contributed by atoms with Gasteiger partial charge in [0.15, 0.2) is 0 Å². The number of nitrogens with zero attached hydrogens (tertiary/aromatic N) is 2. The molecule has 0 spiro atoms. The van der Waals surface area contributed by atoms with E-state index < -0.39 is 0 Å². The minimum atomic E-state index is -0.362. The Morgan fingerprint density at radius 3 is 3.14 bits per heavy atom. The summed E-state index contributed by atoms with van der Waals surface area (Å²) >= 11 is 1.01. The van der Waals surface area contributed by atoms with Crippen molar-refractivity contribution in [3.05, 3.63) is 40.0 Å². The summed E-state index contributed by atoms with van der Waals surface area (Å²) in [6, 6.07) is 2.80. The fourth-order valence-corrected chi connectivity index (χ4v) is 3.60. The highest BCUT2D eigenvalue weighted by Crippen LogP contribution is 2.31. The topological polar surface area (TPSA) is 59.9 Å². The van der Waals surface area contributed by atoms with Crippen LogP contribution in [-0.4, -0.2) is 21.4 Å². The highest BCUT2D eigenvalue weighted by atomic mass is 32.1. The number of hydrogen-bond acceptors (Lipinski definition) is 4. The van der Waals surface area contributed by atoms with Gasteiger partial charge in [0.05, 0.1) is 16.4 Å². The van der Waals surface area contributed by atoms with Crippen LogP contribution in [0.3, 0.4) is 0 Å². The maximum atomic E-state index is 13.8. The van der Waals surface area contributed by atoms with Gasteiger partial charge in [-0.15, -0.1) is 0 Å². The van der Waals surface area contributed by atoms with Crippen LogP contribution in [-0.2, 0) is 4.74 Å². The minimum absolute atomic E-state index is 0.0620. The van der Waals surface area contributed by atoms with Crippen molar-refractivity contribution < 1.29 is 9.13 Å². The van der Waals surface area contributed by atoms with Crippen LogP contribution in [0, 0.1) is 5.82 Å². The second-order valence-corrected chi connectivity index (χ2v) is 6.39. The third-order valence-corrected chi connectivity index (χ3v) is 4.69. The van der Waals surface area contributed by atoms with Gasteiger partial charge in [0, 0.05) is 23.9 Å². The molecule has 3 aromatic rings. The van der Waals surface area contributed by atoms with E-state index in [0.717, 1.165) is 42.8 Å². The summed E-state index contributed by atoms with van der Waals surface area (Å²) in [6.07, 6.45) is 6.58. The van der Waals surface area contributed by atoms with Crippen molar-refractivity contribution in [2.45, 2.75) is 25.5 Å². The van der Waals surface area contributed by atoms with Gasteiger partial charge in [0.25, 0.3) is 0 Å². The highest BCUT2D eigenvalue weighted by molar-refractivity contribution is 7.16. The van der Waals surface area contributed by atoms with Crippen molar-refractivity contribution in [1.82, 2.24) is 14.8 Å². The van der Waals surface area contributed by atoms with Crippen LogP contribution in [0.1, 0.15) is 25.5 Å². The standard InChI is InChI=1S/C15H14FN3O2S/c16-10-5-11(14-12(6-10)22-15(20)18-14)9-7-17-19(8-9)13-3-1-2-4-21-13/h5-8,13H,1-4H2,(H,18,20). The molecule has 7 heteroatoms. The van der Waals surface area contributed by atoms with Gasteiger partial charge < -0.3 is 9.72 Å². The van der Waals surface area contributed by atoms with Crippen molar-refractivity contribution in [3.63, 3.8) is 0 Å². The number of rotatable bonds is 2. The molecule has 1 aliphatic heterocycles. The number of fused-ring (bicyclic) bond motifs is 1. The summed E-state index contributed by atoms with van der Waals surface area (Å²) in [5, 5.41) is 4.34. The van der Waals surface area contributed by atoms with Crippen LogP contribution in [0.5, 0.6) is 0 Å². The van der Waals surface area contributed by atoms with Crippen LogP contribution in [0.2, 0.25) is 0 Å². The Bertz CT molecular complexity index is 876. The lowest BCUT2D eigenvalue weighted by Crippen LogP contribution is -2.18. The second kappa shape index (κ2) is 5.33. The number of benzene rings is 1. The van der Waals surface area contributed by atoms with Gasteiger partial charge in [0.1, 0.15) is 12.0 Å². The van der Waals surface area contributed by atoms with Crippen molar-refractivity contribution in [2.24, 2.45) is 0 Å². The number of nitrogens with one attached hydrogen (secondary N) is 1. The third-order valence-electron chi connectivity index (χ3n) is 3.86. The summed E-state index contributed by atoms with van der Waals surface area (Å²) in [6.45, 7) is 0.738. The lowest BCUT2D eigenvalue weighted by atomic mass is 10.1. The summed E-state index contributed by atoms with van der Waals surface area (Å²) in [7, 11) is 0. The number of aromatic nitrogens is 3. The first-order valence-corrected chi connectivity index (χ1v) is 8.01. The van der Waals surface area contributed by atoms with Gasteiger partial charge in [-0.1, -0.05) is 11.3 Å². The van der Waals surface area contributed by atoms with Crippen molar-refractivity contribution in [3.8, 4) is 11.1 Å². The summed E-state index contributed by atoms with van der Waals surface area (Å²) in [5.41, 5.74) is 2.07.